The zero-order chi connectivity index (χ0) is 13.5. The van der Waals surface area contributed by atoms with Crippen LogP contribution in [0.15, 0.2) is 22.7 Å². The fraction of sp³-hybridized carbons (Fsp3) is 0.364. The molecule has 0 aromatic heterocycles. The first-order valence-electron chi connectivity index (χ1n) is 5.10. The van der Waals surface area contributed by atoms with E-state index in [9.17, 15) is 18.0 Å². The predicted octanol–water partition coefficient (Wildman–Crippen LogP) is 3.20. The van der Waals surface area contributed by atoms with Crippen molar-refractivity contribution in [2.75, 3.05) is 18.5 Å². The Hall–Kier alpha value is -1.08. The SMILES string of the molecule is O=C(CCOCC(F)F)Nc1ccc(Br)c(F)c1. The van der Waals surface area contributed by atoms with Crippen LogP contribution in [0.4, 0.5) is 18.9 Å². The highest BCUT2D eigenvalue weighted by Crippen LogP contribution is 2.19. The molecule has 1 rings (SSSR count). The Morgan fingerprint density at radius 1 is 1.44 bits per heavy atom. The molecular weight excluding hydrogens is 315 g/mol. The number of ether oxygens (including phenoxy) is 1. The van der Waals surface area contributed by atoms with E-state index in [2.05, 4.69) is 26.0 Å². The molecule has 0 aliphatic carbocycles. The van der Waals surface area contributed by atoms with E-state index in [0.717, 1.165) is 6.07 Å². The maximum absolute atomic E-state index is 13.1. The van der Waals surface area contributed by atoms with Crippen molar-refractivity contribution in [2.45, 2.75) is 12.8 Å². The minimum atomic E-state index is -2.55. The Morgan fingerprint density at radius 2 is 2.17 bits per heavy atom. The maximum atomic E-state index is 13.1. The molecule has 1 aromatic rings. The van der Waals surface area contributed by atoms with Crippen molar-refractivity contribution >= 4 is 27.5 Å². The van der Waals surface area contributed by atoms with Gasteiger partial charge in [0.25, 0.3) is 6.43 Å². The van der Waals surface area contributed by atoms with Gasteiger partial charge in [-0.1, -0.05) is 0 Å². The summed E-state index contributed by atoms with van der Waals surface area (Å²) in [5.74, 6) is -0.923. The lowest BCUT2D eigenvalue weighted by Crippen LogP contribution is -2.15. The number of hydrogen-bond donors (Lipinski definition) is 1. The molecule has 1 aromatic carbocycles. The third kappa shape index (κ3) is 5.50. The van der Waals surface area contributed by atoms with Gasteiger partial charge in [0.1, 0.15) is 12.4 Å². The van der Waals surface area contributed by atoms with E-state index in [1.807, 2.05) is 0 Å². The second kappa shape index (κ2) is 7.38. The molecule has 0 radical (unpaired) electrons. The number of carbonyl (C=O) groups excluding carboxylic acids is 1. The van der Waals surface area contributed by atoms with Crippen LogP contribution < -0.4 is 5.32 Å². The van der Waals surface area contributed by atoms with Crippen molar-refractivity contribution in [1.82, 2.24) is 0 Å². The number of anilines is 1. The van der Waals surface area contributed by atoms with Gasteiger partial charge >= 0.3 is 0 Å². The van der Waals surface area contributed by atoms with Crippen molar-refractivity contribution in [2.24, 2.45) is 0 Å². The molecular formula is C11H11BrF3NO2. The van der Waals surface area contributed by atoms with E-state index >= 15 is 0 Å². The summed E-state index contributed by atoms with van der Waals surface area (Å²) >= 11 is 2.98. The number of carbonyl (C=O) groups is 1. The van der Waals surface area contributed by atoms with Crippen LogP contribution in [0.1, 0.15) is 6.42 Å². The van der Waals surface area contributed by atoms with E-state index in [1.54, 1.807) is 0 Å². The fourth-order valence-electron chi connectivity index (χ4n) is 1.13. The average Bonchev–Trinajstić information content (AvgIpc) is 2.29. The molecule has 7 heteroatoms. The minimum Gasteiger partial charge on any atom is -0.375 e. The molecule has 0 unspecified atom stereocenters. The van der Waals surface area contributed by atoms with Crippen LogP contribution in [0.3, 0.4) is 0 Å². The third-order valence-electron chi connectivity index (χ3n) is 1.92. The van der Waals surface area contributed by atoms with Gasteiger partial charge in [-0.25, -0.2) is 13.2 Å². The zero-order valence-corrected chi connectivity index (χ0v) is 10.8. The molecule has 0 saturated heterocycles. The summed E-state index contributed by atoms with van der Waals surface area (Å²) in [6.45, 7) is -0.796. The fourth-order valence-corrected chi connectivity index (χ4v) is 1.38. The Labute approximate surface area is 110 Å². The van der Waals surface area contributed by atoms with E-state index in [4.69, 9.17) is 0 Å². The molecule has 0 heterocycles. The minimum absolute atomic E-state index is 0.0651. The van der Waals surface area contributed by atoms with Crippen LogP contribution >= 0.6 is 15.9 Å². The number of rotatable bonds is 6. The van der Waals surface area contributed by atoms with Crippen molar-refractivity contribution in [3.8, 4) is 0 Å². The van der Waals surface area contributed by atoms with Crippen molar-refractivity contribution < 1.29 is 22.7 Å². The molecule has 0 spiro atoms. The van der Waals surface area contributed by atoms with E-state index in [-0.39, 0.29) is 13.0 Å². The van der Waals surface area contributed by atoms with Crippen LogP contribution in [0.5, 0.6) is 0 Å². The molecule has 1 amide bonds. The summed E-state index contributed by atoms with van der Waals surface area (Å²) in [6, 6.07) is 4.13. The summed E-state index contributed by atoms with van der Waals surface area (Å²) in [5, 5.41) is 2.43. The van der Waals surface area contributed by atoms with Gasteiger partial charge in [-0.05, 0) is 34.1 Å². The van der Waals surface area contributed by atoms with Gasteiger partial charge in [-0.15, -0.1) is 0 Å². The molecule has 18 heavy (non-hydrogen) atoms. The first kappa shape index (κ1) is 15.0. The number of amides is 1. The highest BCUT2D eigenvalue weighted by atomic mass is 79.9. The Kier molecular flexibility index (Phi) is 6.14. The number of hydrogen-bond acceptors (Lipinski definition) is 2. The maximum Gasteiger partial charge on any atom is 0.261 e. The molecule has 0 aliphatic heterocycles. The van der Waals surface area contributed by atoms with Crippen LogP contribution in [0, 0.1) is 5.82 Å². The van der Waals surface area contributed by atoms with E-state index in [1.165, 1.54) is 12.1 Å². The van der Waals surface area contributed by atoms with Gasteiger partial charge in [0.15, 0.2) is 0 Å². The summed E-state index contributed by atoms with van der Waals surface area (Å²) < 4.78 is 41.4. The summed E-state index contributed by atoms with van der Waals surface area (Å²) in [6.07, 6.45) is -2.61. The number of nitrogens with one attached hydrogen (secondary N) is 1. The van der Waals surface area contributed by atoms with Gasteiger partial charge in [0.2, 0.25) is 5.91 Å². The normalized spacial score (nSPS) is 10.7. The van der Waals surface area contributed by atoms with Crippen LogP contribution in [0.2, 0.25) is 0 Å². The van der Waals surface area contributed by atoms with Gasteiger partial charge in [-0.3, -0.25) is 4.79 Å². The molecule has 1 N–H and O–H groups in total. The molecule has 0 bridgehead atoms. The second-order valence-corrected chi connectivity index (χ2v) is 4.25. The Bertz CT molecular complexity index is 415. The topological polar surface area (TPSA) is 38.3 Å². The monoisotopic (exact) mass is 325 g/mol. The second-order valence-electron chi connectivity index (χ2n) is 3.39. The van der Waals surface area contributed by atoms with E-state index < -0.39 is 24.8 Å². The molecule has 3 nitrogen and oxygen atoms in total. The molecule has 0 fully saturated rings. The van der Waals surface area contributed by atoms with Crippen LogP contribution in [-0.2, 0) is 9.53 Å². The van der Waals surface area contributed by atoms with Crippen molar-refractivity contribution in [3.63, 3.8) is 0 Å². The summed E-state index contributed by atoms with van der Waals surface area (Å²) in [4.78, 5) is 11.3. The summed E-state index contributed by atoms with van der Waals surface area (Å²) in [7, 11) is 0. The zero-order valence-electron chi connectivity index (χ0n) is 9.26. The standard InChI is InChI=1S/C11H11BrF3NO2/c12-8-2-1-7(5-9(8)13)16-11(17)3-4-18-6-10(14)15/h1-2,5,10H,3-4,6H2,(H,16,17). The summed E-state index contributed by atoms with van der Waals surface area (Å²) in [5.41, 5.74) is 0.301. The van der Waals surface area contributed by atoms with Gasteiger partial charge in [0, 0.05) is 5.69 Å². The molecule has 0 aliphatic rings. The number of benzene rings is 1. The van der Waals surface area contributed by atoms with Crippen molar-refractivity contribution in [1.29, 1.82) is 0 Å². The highest BCUT2D eigenvalue weighted by molar-refractivity contribution is 9.10. The van der Waals surface area contributed by atoms with E-state index in [0.29, 0.717) is 10.2 Å². The number of alkyl halides is 2. The average molecular weight is 326 g/mol. The molecule has 0 saturated carbocycles. The first-order chi connectivity index (χ1) is 8.49. The Morgan fingerprint density at radius 3 is 2.78 bits per heavy atom. The third-order valence-corrected chi connectivity index (χ3v) is 2.56. The lowest BCUT2D eigenvalue weighted by atomic mass is 10.3. The lowest BCUT2D eigenvalue weighted by Gasteiger charge is -2.06. The van der Waals surface area contributed by atoms with Crippen LogP contribution in [0.25, 0.3) is 0 Å². The van der Waals surface area contributed by atoms with Crippen molar-refractivity contribution in [3.05, 3.63) is 28.5 Å². The predicted molar refractivity (Wildman–Crippen MR) is 64.2 cm³/mol. The largest absolute Gasteiger partial charge is 0.375 e. The van der Waals surface area contributed by atoms with Gasteiger partial charge in [-0.2, -0.15) is 0 Å². The Balaban J connectivity index is 2.33. The molecule has 100 valence electrons. The quantitative estimate of drug-likeness (QED) is 0.816. The lowest BCUT2D eigenvalue weighted by molar-refractivity contribution is -0.117. The highest BCUT2D eigenvalue weighted by Gasteiger charge is 2.06. The molecule has 0 atom stereocenters. The van der Waals surface area contributed by atoms with Gasteiger partial charge in [0.05, 0.1) is 17.5 Å². The first-order valence-corrected chi connectivity index (χ1v) is 5.89. The number of halogens is 4. The smallest absolute Gasteiger partial charge is 0.261 e. The van der Waals surface area contributed by atoms with Crippen LogP contribution in [-0.4, -0.2) is 25.5 Å². The van der Waals surface area contributed by atoms with Gasteiger partial charge < -0.3 is 10.1 Å².